The van der Waals surface area contributed by atoms with Gasteiger partial charge in [0.15, 0.2) is 0 Å². The second-order valence-corrected chi connectivity index (χ2v) is 39.9. The molecule has 10 aromatic rings. The molecule has 22 heteroatoms. The number of unbranched alkanes of at least 4 members (excludes halogenated alkanes) is 12. The van der Waals surface area contributed by atoms with Crippen LogP contribution in [0.2, 0.25) is 0 Å². The Morgan fingerprint density at radius 1 is 0.257 bits per heavy atom. The van der Waals surface area contributed by atoms with E-state index in [1.807, 2.05) is 0 Å². The second-order valence-electron chi connectivity index (χ2n) is 39.9. The van der Waals surface area contributed by atoms with Crippen molar-refractivity contribution in [3.05, 3.63) is 105 Å². The molecule has 140 heavy (non-hydrogen) atoms. The van der Waals surface area contributed by atoms with E-state index in [0.29, 0.717) is 191 Å². The van der Waals surface area contributed by atoms with Crippen LogP contribution in [-0.4, -0.2) is 95.4 Å². The minimum absolute atomic E-state index is 0. The number of benzene rings is 2. The molecule has 0 fully saturated rings. The van der Waals surface area contributed by atoms with E-state index < -0.39 is 0 Å². The third kappa shape index (κ3) is 31.6. The van der Waals surface area contributed by atoms with Crippen molar-refractivity contribution in [1.29, 1.82) is 0 Å². The zero-order valence-electron chi connectivity index (χ0n) is 87.5. The summed E-state index contributed by atoms with van der Waals surface area (Å²) in [6, 6.07) is 17.3. The van der Waals surface area contributed by atoms with Gasteiger partial charge in [-0.25, -0.2) is 19.9 Å². The summed E-state index contributed by atoms with van der Waals surface area (Å²) in [5.74, 6) is 0.790. The first-order chi connectivity index (χ1) is 67.4. The summed E-state index contributed by atoms with van der Waals surface area (Å²) in [6.07, 6.45) is 45.7. The Morgan fingerprint density at radius 3 is 0.707 bits per heavy atom. The van der Waals surface area contributed by atoms with Crippen LogP contribution in [0.4, 0.5) is 0 Å². The van der Waals surface area contributed by atoms with Gasteiger partial charge < -0.3 is 48.4 Å². The van der Waals surface area contributed by atoms with Crippen LogP contribution in [0.15, 0.2) is 48.5 Å². The molecule has 16 bridgehead atoms. The fourth-order valence-corrected chi connectivity index (χ4v) is 20.2. The molecule has 0 saturated heterocycles. The Kier molecular flexibility index (Phi) is 48.1. The molecule has 0 amide bonds. The van der Waals surface area contributed by atoms with Gasteiger partial charge in [0.1, 0.15) is 0 Å². The number of rotatable bonds is 66. The van der Waals surface area contributed by atoms with E-state index in [1.165, 1.54) is 0 Å². The number of aromatic nitrogens is 8. The van der Waals surface area contributed by atoms with Crippen molar-refractivity contribution in [2.24, 2.45) is 35.5 Å². The predicted octanol–water partition coefficient (Wildman–Crippen LogP) is 29.0. The molecule has 10 heterocycles. The van der Waals surface area contributed by atoms with E-state index in [0.717, 1.165) is 309 Å². The SMILES string of the molecule is CCCCC(CC)COC(=O)CCCCc1c2nc(c(CCCCC(=O)OCC(CC)CCCC)c3cc4c5cc6nc5c5c7[n-]c(cc7c7cc(nc7c5c4[n-]3)c(CCCCC(=O)OCC(CC)CCCC)c3ccc1[n-]3)c(CCCCC(=O)OCC(CC)CCCC)c1nc(c(CCCCC(=O)OCC(CC)CCCC)c3ccc([n-]3)c6CCCCC(=O)OCC(CC)CCCC)C=C1)C=C2.[Zn+2].[Zn+2]. The van der Waals surface area contributed by atoms with E-state index in [1.54, 1.807) is 0 Å². The van der Waals surface area contributed by atoms with Crippen LogP contribution in [-0.2, 0) is 135 Å². The summed E-state index contributed by atoms with van der Waals surface area (Å²) < 4.78 is 36.1. The monoisotopic (exact) mass is 2010 g/mol. The quantitative estimate of drug-likeness (QED) is 0.0148. The van der Waals surface area contributed by atoms with Gasteiger partial charge in [0.25, 0.3) is 0 Å². The molecular weight excluding hydrogens is 1850 g/mol. The normalized spacial score (nSPS) is 13.4. The number of aryl methyl sites for hydroxylation is 6. The zero-order chi connectivity index (χ0) is 97.7. The summed E-state index contributed by atoms with van der Waals surface area (Å²) in [5, 5.41) is 5.05. The van der Waals surface area contributed by atoms with Crippen LogP contribution in [0.25, 0.3) is 123 Å². The molecule has 8 aromatic heterocycles. The van der Waals surface area contributed by atoms with E-state index in [4.69, 9.17) is 68.3 Å². The minimum atomic E-state index is -0.195. The Morgan fingerprint density at radius 2 is 0.479 bits per heavy atom. The van der Waals surface area contributed by atoms with Gasteiger partial charge in [0.05, 0.1) is 84.5 Å². The van der Waals surface area contributed by atoms with Crippen LogP contribution in [0, 0.1) is 35.5 Å². The summed E-state index contributed by atoms with van der Waals surface area (Å²) >= 11 is 0. The van der Waals surface area contributed by atoms with E-state index in [-0.39, 0.29) is 113 Å². The van der Waals surface area contributed by atoms with Gasteiger partial charge in [-0.2, -0.15) is 0 Å². The van der Waals surface area contributed by atoms with Gasteiger partial charge in [0.2, 0.25) is 0 Å². The Balaban J connectivity index is 0.0000101. The molecule has 6 atom stereocenters. The molecule has 0 saturated carbocycles. The molecule has 2 aliphatic rings. The number of ether oxygens (including phenoxy) is 6. The van der Waals surface area contributed by atoms with Gasteiger partial charge in [-0.15, -0.1) is 44.1 Å². The summed E-state index contributed by atoms with van der Waals surface area (Å²) in [4.78, 5) is 130. The number of hydrogen-bond donors (Lipinski definition) is 0. The molecule has 750 valence electrons. The second kappa shape index (κ2) is 59.5. The van der Waals surface area contributed by atoms with Crippen LogP contribution in [0.1, 0.15) is 409 Å². The van der Waals surface area contributed by atoms with Gasteiger partial charge in [0, 0.05) is 49.3 Å². The number of carbonyl (C=O) groups excluding carboxylic acids is 6. The van der Waals surface area contributed by atoms with Gasteiger partial charge in [-0.3, -0.25) is 28.8 Å². The summed E-state index contributed by atoms with van der Waals surface area (Å²) in [6.45, 7) is 28.7. The first-order valence-corrected chi connectivity index (χ1v) is 54.5. The van der Waals surface area contributed by atoms with E-state index in [2.05, 4.69) is 156 Å². The number of fused-ring (bicyclic) bond motifs is 14. The summed E-state index contributed by atoms with van der Waals surface area (Å²) in [5.41, 5.74) is 17.4. The molecule has 12 rings (SSSR count). The number of nitrogens with zero attached hydrogens (tertiary/aromatic N) is 8. The van der Waals surface area contributed by atoms with Crippen LogP contribution in [0.5, 0.6) is 0 Å². The maximum Gasteiger partial charge on any atom is 2.00 e. The average Bonchev–Trinajstić information content (AvgIpc) is 1.53. The molecule has 2 aliphatic heterocycles. The van der Waals surface area contributed by atoms with Gasteiger partial charge >= 0.3 is 74.8 Å². The van der Waals surface area contributed by atoms with Crippen molar-refractivity contribution in [3.8, 4) is 0 Å². The molecule has 6 unspecified atom stereocenters. The molecular formula is C118H162N8O12Zn2. The van der Waals surface area contributed by atoms with Crippen molar-refractivity contribution < 1.29 is 96.1 Å². The molecule has 20 nitrogen and oxygen atoms in total. The third-order valence-electron chi connectivity index (χ3n) is 29.6. The maximum atomic E-state index is 13.9. The van der Waals surface area contributed by atoms with Crippen molar-refractivity contribution in [2.75, 3.05) is 39.6 Å². The fraction of sp³-hybridized carbons (Fsp3) is 0.610. The molecule has 0 radical (unpaired) electrons. The standard InChI is InChI=1S/C118H162N8O12.2Zn/c1-13-25-43-79(19-7)73-133-107(127)55-37-31-49-85-95-61-65-99(119-95)87(51-33-39-57-109(129)135-75-81(21-9)45-27-15-3)103-69-91-93-71-105-89(53-35-41-59-111(131)137-77-83(23-11)47-29-17-5)101-67-63-97(121-101)86(50-32-38-56-108(128)134-74-80(20-8)44-26-14-2)98-64-68-102(122-98)90(54-36-42-60-112(132)138-78-84(24-12)48-30-18-6)106-72-94-92-70-104(124-116(92)113(115(91)123-103)114(117(93)125-105)118(94)126-106)88(100-66-62-96(85)120-100)52-34-40-58-110(130)136-76-82(22-10)46-28-16-4;;/h61-72,79-84H,13-60,73-78H2,1-12H3;;/q-4;2*+2. The third-order valence-corrected chi connectivity index (χ3v) is 29.6. The van der Waals surface area contributed by atoms with E-state index >= 15 is 0 Å². The first kappa shape index (κ1) is 113. The number of hydrogen-bond acceptors (Lipinski definition) is 16. The molecule has 0 N–H and O–H groups in total. The first-order valence-electron chi connectivity index (χ1n) is 54.5. The van der Waals surface area contributed by atoms with Crippen molar-refractivity contribution in [3.63, 3.8) is 0 Å². The van der Waals surface area contributed by atoms with Crippen molar-refractivity contribution in [2.45, 2.75) is 391 Å². The molecule has 2 aromatic carbocycles. The van der Waals surface area contributed by atoms with Gasteiger partial charge in [-0.1, -0.05) is 235 Å². The van der Waals surface area contributed by atoms with E-state index in [9.17, 15) is 28.8 Å². The van der Waals surface area contributed by atoms with Crippen LogP contribution in [0.3, 0.4) is 0 Å². The number of carbonyl (C=O) groups is 6. The topological polar surface area (TPSA) is 266 Å². The Hall–Kier alpha value is -8.73. The fourth-order valence-electron chi connectivity index (χ4n) is 20.2. The molecule has 0 spiro atoms. The average molecular weight is 2020 g/mol. The van der Waals surface area contributed by atoms with Crippen LogP contribution >= 0.6 is 0 Å². The molecule has 0 aliphatic carbocycles. The zero-order valence-corrected chi connectivity index (χ0v) is 93.4. The maximum absolute atomic E-state index is 13.9. The van der Waals surface area contributed by atoms with Crippen molar-refractivity contribution in [1.82, 2.24) is 39.9 Å². The Labute approximate surface area is 859 Å². The summed E-state index contributed by atoms with van der Waals surface area (Å²) in [7, 11) is 0. The van der Waals surface area contributed by atoms with Gasteiger partial charge in [-0.05, 0) is 281 Å². The Bertz CT molecular complexity index is 5520. The smallest absolute Gasteiger partial charge is 0.657 e. The van der Waals surface area contributed by atoms with Crippen molar-refractivity contribution >= 4 is 159 Å². The largest absolute Gasteiger partial charge is 2.00 e. The predicted molar refractivity (Wildman–Crippen MR) is 564 cm³/mol. The number of esters is 6. The minimum Gasteiger partial charge on any atom is -0.657 e. The van der Waals surface area contributed by atoms with Crippen LogP contribution < -0.4 is 19.9 Å².